The first-order valence-corrected chi connectivity index (χ1v) is 6.39. The average molecular weight is 310 g/mol. The summed E-state index contributed by atoms with van der Waals surface area (Å²) in [6.07, 6.45) is -2.98. The summed E-state index contributed by atoms with van der Waals surface area (Å²) in [6, 6.07) is 7.47. The van der Waals surface area contributed by atoms with Gasteiger partial charge in [0.05, 0.1) is 11.7 Å². The normalized spacial score (nSPS) is 12.5. The SMILES string of the molecule is C[C@@H](NC(=O)Nc1cccc(C(F)(F)F)n1)c1ccccn1. The summed E-state index contributed by atoms with van der Waals surface area (Å²) in [6.45, 7) is 1.71. The van der Waals surface area contributed by atoms with Crippen LogP contribution in [0.4, 0.5) is 23.8 Å². The molecule has 0 bridgehead atoms. The minimum absolute atomic E-state index is 0.180. The Hall–Kier alpha value is -2.64. The van der Waals surface area contributed by atoms with Gasteiger partial charge in [0, 0.05) is 6.20 Å². The Bertz CT molecular complexity index is 646. The molecule has 0 unspecified atom stereocenters. The molecule has 0 radical (unpaired) electrons. The van der Waals surface area contributed by atoms with Crippen molar-refractivity contribution >= 4 is 11.8 Å². The van der Waals surface area contributed by atoms with Crippen LogP contribution < -0.4 is 10.6 Å². The molecule has 0 aromatic carbocycles. The summed E-state index contributed by atoms with van der Waals surface area (Å²) >= 11 is 0. The van der Waals surface area contributed by atoms with Crippen LogP contribution in [-0.4, -0.2) is 16.0 Å². The summed E-state index contributed by atoms with van der Waals surface area (Å²) in [5.74, 6) is -0.180. The second-order valence-corrected chi connectivity index (χ2v) is 4.48. The van der Waals surface area contributed by atoms with Gasteiger partial charge in [-0.15, -0.1) is 0 Å². The lowest BCUT2D eigenvalue weighted by Gasteiger charge is -2.14. The minimum atomic E-state index is -4.56. The number of rotatable bonds is 3. The number of halogens is 3. The molecule has 2 aromatic rings. The first-order chi connectivity index (χ1) is 10.4. The van der Waals surface area contributed by atoms with Crippen molar-refractivity contribution < 1.29 is 18.0 Å². The average Bonchev–Trinajstić information content (AvgIpc) is 2.47. The first kappa shape index (κ1) is 15.7. The molecule has 22 heavy (non-hydrogen) atoms. The molecular formula is C14H13F3N4O. The number of pyridine rings is 2. The summed E-state index contributed by atoms with van der Waals surface area (Å²) in [4.78, 5) is 19.2. The molecule has 0 saturated heterocycles. The lowest BCUT2D eigenvalue weighted by molar-refractivity contribution is -0.141. The van der Waals surface area contributed by atoms with Crippen LogP contribution in [0.1, 0.15) is 24.4 Å². The molecule has 2 rings (SSSR count). The zero-order valence-corrected chi connectivity index (χ0v) is 11.6. The van der Waals surface area contributed by atoms with Gasteiger partial charge in [-0.2, -0.15) is 13.2 Å². The molecule has 2 amide bonds. The van der Waals surface area contributed by atoms with E-state index in [9.17, 15) is 18.0 Å². The van der Waals surface area contributed by atoms with Crippen LogP contribution in [0.3, 0.4) is 0 Å². The topological polar surface area (TPSA) is 66.9 Å². The molecule has 2 heterocycles. The molecular weight excluding hydrogens is 297 g/mol. The van der Waals surface area contributed by atoms with E-state index in [1.54, 1.807) is 31.3 Å². The van der Waals surface area contributed by atoms with E-state index in [1.807, 2.05) is 0 Å². The Morgan fingerprint density at radius 2 is 1.95 bits per heavy atom. The molecule has 0 fully saturated rings. The van der Waals surface area contributed by atoms with Gasteiger partial charge in [-0.25, -0.2) is 9.78 Å². The van der Waals surface area contributed by atoms with Crippen LogP contribution in [0.15, 0.2) is 42.6 Å². The Kier molecular flexibility index (Phi) is 4.59. The number of carbonyl (C=O) groups is 1. The Morgan fingerprint density at radius 1 is 1.18 bits per heavy atom. The number of nitrogens with one attached hydrogen (secondary N) is 2. The smallest absolute Gasteiger partial charge is 0.330 e. The van der Waals surface area contributed by atoms with Crippen LogP contribution in [0.25, 0.3) is 0 Å². The van der Waals surface area contributed by atoms with Gasteiger partial charge >= 0.3 is 12.2 Å². The lowest BCUT2D eigenvalue weighted by Crippen LogP contribution is -2.32. The van der Waals surface area contributed by atoms with Crippen molar-refractivity contribution in [2.75, 3.05) is 5.32 Å². The molecule has 0 aliphatic rings. The maximum atomic E-state index is 12.5. The minimum Gasteiger partial charge on any atom is -0.330 e. The fraction of sp³-hybridized carbons (Fsp3) is 0.214. The quantitative estimate of drug-likeness (QED) is 0.913. The van der Waals surface area contributed by atoms with Crippen molar-refractivity contribution in [3.05, 3.63) is 54.0 Å². The first-order valence-electron chi connectivity index (χ1n) is 6.39. The highest BCUT2D eigenvalue weighted by Gasteiger charge is 2.32. The molecule has 0 aliphatic carbocycles. The van der Waals surface area contributed by atoms with Gasteiger partial charge in [0.2, 0.25) is 0 Å². The van der Waals surface area contributed by atoms with E-state index in [0.717, 1.165) is 6.07 Å². The Morgan fingerprint density at radius 3 is 2.59 bits per heavy atom. The predicted molar refractivity (Wildman–Crippen MR) is 74.0 cm³/mol. The van der Waals surface area contributed by atoms with Crippen LogP contribution in [0.5, 0.6) is 0 Å². The second kappa shape index (κ2) is 6.42. The zero-order valence-electron chi connectivity index (χ0n) is 11.6. The summed E-state index contributed by atoms with van der Waals surface area (Å²) in [5.41, 5.74) is -0.433. The number of hydrogen-bond acceptors (Lipinski definition) is 3. The van der Waals surface area contributed by atoms with Gasteiger partial charge in [-0.05, 0) is 31.2 Å². The molecule has 0 saturated carbocycles. The maximum absolute atomic E-state index is 12.5. The predicted octanol–water partition coefficient (Wildman–Crippen LogP) is 3.38. The third kappa shape index (κ3) is 4.18. The monoisotopic (exact) mass is 310 g/mol. The van der Waals surface area contributed by atoms with Crippen molar-refractivity contribution in [1.82, 2.24) is 15.3 Å². The molecule has 0 spiro atoms. The highest BCUT2D eigenvalue weighted by atomic mass is 19.4. The molecule has 2 aromatic heterocycles. The third-order valence-corrected chi connectivity index (χ3v) is 2.76. The fourth-order valence-corrected chi connectivity index (χ4v) is 1.72. The molecule has 0 aliphatic heterocycles. The number of carbonyl (C=O) groups excluding carboxylic acids is 1. The van der Waals surface area contributed by atoms with Gasteiger partial charge in [0.25, 0.3) is 0 Å². The maximum Gasteiger partial charge on any atom is 0.433 e. The standard InChI is InChI=1S/C14H13F3N4O/c1-9(10-5-2-3-8-18-10)19-13(22)21-12-7-4-6-11(20-12)14(15,16)17/h2-9H,1H3,(H2,19,20,21,22)/t9-/m1/s1. The highest BCUT2D eigenvalue weighted by molar-refractivity contribution is 5.88. The number of anilines is 1. The van der Waals surface area contributed by atoms with Crippen molar-refractivity contribution in [2.24, 2.45) is 0 Å². The van der Waals surface area contributed by atoms with Crippen LogP contribution >= 0.6 is 0 Å². The summed E-state index contributed by atoms with van der Waals surface area (Å²) in [7, 11) is 0. The van der Waals surface area contributed by atoms with Crippen molar-refractivity contribution in [1.29, 1.82) is 0 Å². The number of aromatic nitrogens is 2. The fourth-order valence-electron chi connectivity index (χ4n) is 1.72. The summed E-state index contributed by atoms with van der Waals surface area (Å²) < 4.78 is 37.6. The molecule has 2 N–H and O–H groups in total. The van der Waals surface area contributed by atoms with E-state index >= 15 is 0 Å². The largest absolute Gasteiger partial charge is 0.433 e. The Balaban J connectivity index is 2.01. The number of amides is 2. The lowest BCUT2D eigenvalue weighted by atomic mass is 10.2. The van der Waals surface area contributed by atoms with Crippen molar-refractivity contribution in [2.45, 2.75) is 19.1 Å². The van der Waals surface area contributed by atoms with Crippen molar-refractivity contribution in [3.8, 4) is 0 Å². The van der Waals surface area contributed by atoms with Gasteiger partial charge in [-0.1, -0.05) is 12.1 Å². The van der Waals surface area contributed by atoms with E-state index in [2.05, 4.69) is 20.6 Å². The van der Waals surface area contributed by atoms with E-state index in [0.29, 0.717) is 5.69 Å². The van der Waals surface area contributed by atoms with Gasteiger partial charge in [0.1, 0.15) is 11.5 Å². The van der Waals surface area contributed by atoms with Crippen molar-refractivity contribution in [3.63, 3.8) is 0 Å². The summed E-state index contributed by atoms with van der Waals surface area (Å²) in [5, 5.41) is 4.84. The number of urea groups is 1. The van der Waals surface area contributed by atoms with Gasteiger partial charge in [0.15, 0.2) is 0 Å². The van der Waals surface area contributed by atoms with Gasteiger partial charge < -0.3 is 5.32 Å². The molecule has 5 nitrogen and oxygen atoms in total. The molecule has 1 atom stereocenters. The van der Waals surface area contributed by atoms with E-state index in [-0.39, 0.29) is 5.82 Å². The third-order valence-electron chi connectivity index (χ3n) is 2.76. The molecule has 8 heteroatoms. The van der Waals surface area contributed by atoms with Gasteiger partial charge in [-0.3, -0.25) is 10.3 Å². The van der Waals surface area contributed by atoms with Crippen LogP contribution in [-0.2, 0) is 6.18 Å². The zero-order chi connectivity index (χ0) is 16.2. The Labute approximate surface area is 124 Å². The van der Waals surface area contributed by atoms with Crippen LogP contribution in [0, 0.1) is 0 Å². The van der Waals surface area contributed by atoms with E-state index in [4.69, 9.17) is 0 Å². The second-order valence-electron chi connectivity index (χ2n) is 4.48. The number of nitrogens with zero attached hydrogens (tertiary/aromatic N) is 2. The number of hydrogen-bond donors (Lipinski definition) is 2. The van der Waals surface area contributed by atoms with E-state index < -0.39 is 23.9 Å². The molecule has 116 valence electrons. The number of alkyl halides is 3. The van der Waals surface area contributed by atoms with E-state index in [1.165, 1.54) is 12.1 Å². The highest BCUT2D eigenvalue weighted by Crippen LogP contribution is 2.28. The van der Waals surface area contributed by atoms with Crippen LogP contribution in [0.2, 0.25) is 0 Å².